The molecule has 0 spiro atoms. The molecule has 0 bridgehead atoms. The van der Waals surface area contributed by atoms with E-state index in [1.165, 1.54) is 5.69 Å². The molecule has 1 amide bonds. The van der Waals surface area contributed by atoms with Crippen molar-refractivity contribution in [1.82, 2.24) is 14.5 Å². The lowest BCUT2D eigenvalue weighted by Crippen LogP contribution is -2.41. The second-order valence-corrected chi connectivity index (χ2v) is 5.98. The zero-order chi connectivity index (χ0) is 14.0. The van der Waals surface area contributed by atoms with Crippen LogP contribution in [0.1, 0.15) is 38.2 Å². The van der Waals surface area contributed by atoms with Crippen LogP contribution >= 0.6 is 0 Å². The van der Waals surface area contributed by atoms with E-state index in [9.17, 15) is 4.79 Å². The number of piperidine rings is 1. The van der Waals surface area contributed by atoms with Crippen LogP contribution in [0.5, 0.6) is 0 Å². The van der Waals surface area contributed by atoms with Gasteiger partial charge in [0.25, 0.3) is 0 Å². The van der Waals surface area contributed by atoms with E-state index in [1.807, 2.05) is 24.9 Å². The minimum atomic E-state index is 0.120. The molecule has 1 aromatic heterocycles. The molecule has 1 fully saturated rings. The van der Waals surface area contributed by atoms with Gasteiger partial charge in [0.1, 0.15) is 5.82 Å². The number of carbonyl (C=O) groups is 1. The first kappa shape index (κ1) is 14.1. The molecule has 19 heavy (non-hydrogen) atoms. The number of amides is 1. The third kappa shape index (κ3) is 3.17. The molecule has 1 saturated heterocycles. The van der Waals surface area contributed by atoms with Gasteiger partial charge < -0.3 is 9.47 Å². The fourth-order valence-electron chi connectivity index (χ4n) is 2.82. The highest BCUT2D eigenvalue weighted by molar-refractivity contribution is 5.78. The minimum absolute atomic E-state index is 0.120. The summed E-state index contributed by atoms with van der Waals surface area (Å²) in [5.74, 6) is 2.18. The van der Waals surface area contributed by atoms with Gasteiger partial charge in [-0.2, -0.15) is 0 Å². The van der Waals surface area contributed by atoms with Crippen LogP contribution in [-0.4, -0.2) is 33.4 Å². The molecule has 1 aliphatic rings. The van der Waals surface area contributed by atoms with Crippen LogP contribution in [-0.2, 0) is 11.3 Å². The maximum Gasteiger partial charge on any atom is 0.225 e. The molecule has 0 aliphatic carbocycles. The zero-order valence-electron chi connectivity index (χ0n) is 12.5. The molecular weight excluding hydrogens is 238 g/mol. The second-order valence-electron chi connectivity index (χ2n) is 5.98. The summed E-state index contributed by atoms with van der Waals surface area (Å²) in [4.78, 5) is 18.3. The number of carbonyl (C=O) groups excluding carboxylic acids is 1. The van der Waals surface area contributed by atoms with E-state index in [2.05, 4.69) is 23.4 Å². The molecule has 0 aromatic carbocycles. The first-order chi connectivity index (χ1) is 8.99. The van der Waals surface area contributed by atoms with Crippen molar-refractivity contribution >= 4 is 5.91 Å². The standard InChI is InChI=1S/C15H25N3O/c1-11(2)15(19)17-7-5-14(6-8-17)10-18-12(3)9-16-13(18)4/h9,11,14H,5-8,10H2,1-4H3. The van der Waals surface area contributed by atoms with E-state index >= 15 is 0 Å². The average molecular weight is 263 g/mol. The van der Waals surface area contributed by atoms with Gasteiger partial charge in [0, 0.05) is 37.4 Å². The van der Waals surface area contributed by atoms with Crippen LogP contribution < -0.4 is 0 Å². The Kier molecular flexibility index (Phi) is 4.27. The van der Waals surface area contributed by atoms with Crippen LogP contribution in [0.25, 0.3) is 0 Å². The zero-order valence-corrected chi connectivity index (χ0v) is 12.5. The fourth-order valence-corrected chi connectivity index (χ4v) is 2.82. The van der Waals surface area contributed by atoms with Crippen molar-refractivity contribution in [1.29, 1.82) is 0 Å². The van der Waals surface area contributed by atoms with Crippen molar-refractivity contribution in [3.8, 4) is 0 Å². The minimum Gasteiger partial charge on any atom is -0.342 e. The number of aryl methyl sites for hydroxylation is 2. The van der Waals surface area contributed by atoms with Crippen LogP contribution in [0.15, 0.2) is 6.20 Å². The summed E-state index contributed by atoms with van der Waals surface area (Å²) in [6, 6.07) is 0. The number of hydrogen-bond acceptors (Lipinski definition) is 2. The Morgan fingerprint density at radius 2 is 2.00 bits per heavy atom. The Balaban J connectivity index is 1.89. The molecule has 2 heterocycles. The van der Waals surface area contributed by atoms with Crippen LogP contribution in [0.3, 0.4) is 0 Å². The van der Waals surface area contributed by atoms with Gasteiger partial charge in [-0.3, -0.25) is 4.79 Å². The third-order valence-electron chi connectivity index (χ3n) is 4.12. The smallest absolute Gasteiger partial charge is 0.225 e. The van der Waals surface area contributed by atoms with Crippen LogP contribution in [0.2, 0.25) is 0 Å². The van der Waals surface area contributed by atoms with Crippen LogP contribution in [0.4, 0.5) is 0 Å². The van der Waals surface area contributed by atoms with E-state index in [1.54, 1.807) is 0 Å². The quantitative estimate of drug-likeness (QED) is 0.840. The number of nitrogens with zero attached hydrogens (tertiary/aromatic N) is 3. The van der Waals surface area contributed by atoms with Crippen molar-refractivity contribution in [2.24, 2.45) is 11.8 Å². The summed E-state index contributed by atoms with van der Waals surface area (Å²) in [7, 11) is 0. The van der Waals surface area contributed by atoms with Crippen molar-refractivity contribution in [3.05, 3.63) is 17.7 Å². The maximum absolute atomic E-state index is 11.9. The summed E-state index contributed by atoms with van der Waals surface area (Å²) in [5.41, 5.74) is 1.23. The predicted molar refractivity (Wildman–Crippen MR) is 75.8 cm³/mol. The Morgan fingerprint density at radius 3 is 2.47 bits per heavy atom. The monoisotopic (exact) mass is 263 g/mol. The number of imidazole rings is 1. The highest BCUT2D eigenvalue weighted by atomic mass is 16.2. The highest BCUT2D eigenvalue weighted by Crippen LogP contribution is 2.21. The van der Waals surface area contributed by atoms with E-state index in [4.69, 9.17) is 0 Å². The summed E-state index contributed by atoms with van der Waals surface area (Å²) >= 11 is 0. The third-order valence-corrected chi connectivity index (χ3v) is 4.12. The molecule has 0 atom stereocenters. The molecule has 4 heteroatoms. The summed E-state index contributed by atoms with van der Waals surface area (Å²) in [5, 5.41) is 0. The number of hydrogen-bond donors (Lipinski definition) is 0. The Bertz CT molecular complexity index is 423. The largest absolute Gasteiger partial charge is 0.342 e. The van der Waals surface area contributed by atoms with E-state index in [0.717, 1.165) is 38.3 Å². The normalized spacial score (nSPS) is 17.2. The highest BCUT2D eigenvalue weighted by Gasteiger charge is 2.24. The number of aromatic nitrogens is 2. The first-order valence-corrected chi connectivity index (χ1v) is 7.26. The molecule has 1 aromatic rings. The molecule has 4 nitrogen and oxygen atoms in total. The maximum atomic E-state index is 11.9. The van der Waals surface area contributed by atoms with E-state index in [-0.39, 0.29) is 5.92 Å². The van der Waals surface area contributed by atoms with Crippen molar-refractivity contribution in [3.63, 3.8) is 0 Å². The van der Waals surface area contributed by atoms with Gasteiger partial charge in [-0.1, -0.05) is 13.8 Å². The summed E-state index contributed by atoms with van der Waals surface area (Å²) in [6.07, 6.45) is 4.15. The van der Waals surface area contributed by atoms with Gasteiger partial charge in [-0.25, -0.2) is 4.98 Å². The van der Waals surface area contributed by atoms with Crippen molar-refractivity contribution < 1.29 is 4.79 Å². The second kappa shape index (κ2) is 5.76. The summed E-state index contributed by atoms with van der Waals surface area (Å²) in [6.45, 7) is 11.0. The van der Waals surface area contributed by atoms with Crippen molar-refractivity contribution in [2.75, 3.05) is 13.1 Å². The van der Waals surface area contributed by atoms with Gasteiger partial charge in [0.05, 0.1) is 0 Å². The van der Waals surface area contributed by atoms with Crippen molar-refractivity contribution in [2.45, 2.75) is 47.1 Å². The number of rotatable bonds is 3. The van der Waals surface area contributed by atoms with Gasteiger partial charge in [0.15, 0.2) is 0 Å². The topological polar surface area (TPSA) is 38.1 Å². The lowest BCUT2D eigenvalue weighted by molar-refractivity contribution is -0.135. The summed E-state index contributed by atoms with van der Waals surface area (Å²) < 4.78 is 2.30. The lowest BCUT2D eigenvalue weighted by atomic mass is 9.95. The average Bonchev–Trinajstić information content (AvgIpc) is 2.70. The Hall–Kier alpha value is -1.32. The molecule has 0 N–H and O–H groups in total. The fraction of sp³-hybridized carbons (Fsp3) is 0.733. The van der Waals surface area contributed by atoms with Crippen LogP contribution in [0, 0.1) is 25.7 Å². The predicted octanol–water partition coefficient (Wildman–Crippen LogP) is 2.39. The lowest BCUT2D eigenvalue weighted by Gasteiger charge is -2.33. The molecule has 0 radical (unpaired) electrons. The molecule has 0 saturated carbocycles. The first-order valence-electron chi connectivity index (χ1n) is 7.26. The van der Waals surface area contributed by atoms with E-state index < -0.39 is 0 Å². The van der Waals surface area contributed by atoms with E-state index in [0.29, 0.717) is 11.8 Å². The molecule has 106 valence electrons. The Morgan fingerprint density at radius 1 is 1.37 bits per heavy atom. The SMILES string of the molecule is Cc1cnc(C)n1CC1CCN(C(=O)C(C)C)CC1. The molecular formula is C15H25N3O. The molecule has 2 rings (SSSR count). The molecule has 1 aliphatic heterocycles. The Labute approximate surface area is 115 Å². The van der Waals surface area contributed by atoms with Gasteiger partial charge >= 0.3 is 0 Å². The van der Waals surface area contributed by atoms with Gasteiger partial charge in [0.2, 0.25) is 5.91 Å². The van der Waals surface area contributed by atoms with Gasteiger partial charge in [-0.15, -0.1) is 0 Å². The molecule has 0 unspecified atom stereocenters. The number of likely N-dealkylation sites (tertiary alicyclic amines) is 1. The van der Waals surface area contributed by atoms with Gasteiger partial charge in [-0.05, 0) is 32.6 Å².